The molecule has 27 heavy (non-hydrogen) atoms. The molecule has 2 aliphatic heterocycles. The largest absolute Gasteiger partial charge is 0.384 e. The number of nitrogens with zero attached hydrogens (tertiary/aromatic N) is 2. The average molecular weight is 388 g/mol. The Kier molecular flexibility index (Phi) is 3.89. The van der Waals surface area contributed by atoms with Crippen molar-refractivity contribution in [2.75, 3.05) is 18.8 Å². The number of nitrogens with one attached hydrogen (secondary N) is 1. The highest BCUT2D eigenvalue weighted by Crippen LogP contribution is 2.29. The lowest BCUT2D eigenvalue weighted by Crippen LogP contribution is -2.31. The number of anilines is 1. The topological polar surface area (TPSA) is 132 Å². The second-order valence-corrected chi connectivity index (χ2v) is 8.26. The van der Waals surface area contributed by atoms with Crippen LogP contribution in [0.25, 0.3) is 5.69 Å². The second-order valence-electron chi connectivity index (χ2n) is 6.35. The van der Waals surface area contributed by atoms with Gasteiger partial charge in [0.25, 0.3) is 17.4 Å². The molecule has 2 aromatic rings. The Morgan fingerprint density at radius 2 is 1.67 bits per heavy atom. The minimum Gasteiger partial charge on any atom is -0.384 e. The van der Waals surface area contributed by atoms with Crippen molar-refractivity contribution in [3.8, 4) is 5.69 Å². The van der Waals surface area contributed by atoms with Crippen molar-refractivity contribution >= 4 is 27.7 Å². The van der Waals surface area contributed by atoms with Gasteiger partial charge in [0.05, 0.1) is 16.8 Å². The number of sulfonamides is 1. The molecule has 4 rings (SSSR count). The van der Waals surface area contributed by atoms with E-state index >= 15 is 0 Å². The van der Waals surface area contributed by atoms with Crippen LogP contribution in [-0.4, -0.2) is 42.2 Å². The molecule has 2 amide bonds. The molecule has 1 aromatic heterocycles. The molecule has 0 aliphatic carbocycles. The summed E-state index contributed by atoms with van der Waals surface area (Å²) in [5.41, 5.74) is 5.13. The lowest BCUT2D eigenvalue weighted by molar-refractivity contribution is 0.0880. The number of para-hydroxylation sites is 1. The molecule has 0 saturated carbocycles. The van der Waals surface area contributed by atoms with Gasteiger partial charge < -0.3 is 5.73 Å². The van der Waals surface area contributed by atoms with E-state index in [1.807, 2.05) is 0 Å². The SMILES string of the molecule is Nc1c2c(cc(=O)n1-c1ccccc1S(=O)(=O)N1CCCC1)C(=O)NC2=O. The summed E-state index contributed by atoms with van der Waals surface area (Å²) in [6, 6.07) is 6.96. The van der Waals surface area contributed by atoms with Gasteiger partial charge in [0.2, 0.25) is 10.0 Å². The Morgan fingerprint density at radius 1 is 1.00 bits per heavy atom. The Labute approximate surface area is 154 Å². The number of rotatable bonds is 3. The van der Waals surface area contributed by atoms with Gasteiger partial charge in [-0.3, -0.25) is 24.3 Å². The number of imide groups is 1. The molecule has 3 heterocycles. The number of hydrogen-bond acceptors (Lipinski definition) is 6. The Morgan fingerprint density at radius 3 is 2.37 bits per heavy atom. The van der Waals surface area contributed by atoms with Crippen LogP contribution in [0, 0.1) is 0 Å². The third-order valence-electron chi connectivity index (χ3n) is 4.74. The van der Waals surface area contributed by atoms with Crippen LogP contribution >= 0.6 is 0 Å². The first-order valence-electron chi connectivity index (χ1n) is 8.33. The smallest absolute Gasteiger partial charge is 0.262 e. The van der Waals surface area contributed by atoms with E-state index < -0.39 is 27.4 Å². The monoisotopic (exact) mass is 388 g/mol. The van der Waals surface area contributed by atoms with Crippen LogP contribution in [0.2, 0.25) is 0 Å². The van der Waals surface area contributed by atoms with E-state index in [1.54, 1.807) is 12.1 Å². The zero-order valence-corrected chi connectivity index (χ0v) is 15.0. The molecule has 3 N–H and O–H groups in total. The van der Waals surface area contributed by atoms with Gasteiger partial charge >= 0.3 is 0 Å². The van der Waals surface area contributed by atoms with Crippen LogP contribution in [0.4, 0.5) is 5.82 Å². The highest BCUT2D eigenvalue weighted by Gasteiger charge is 2.34. The van der Waals surface area contributed by atoms with Gasteiger partial charge in [-0.1, -0.05) is 12.1 Å². The van der Waals surface area contributed by atoms with E-state index in [-0.39, 0.29) is 27.5 Å². The number of carbonyl (C=O) groups is 2. The lowest BCUT2D eigenvalue weighted by Gasteiger charge is -2.20. The minimum absolute atomic E-state index is 0.0434. The standard InChI is InChI=1S/C17H16N4O5S/c18-15-14-10(16(23)19-17(14)24)9-13(22)21(15)11-5-1-2-6-12(11)27(25,26)20-7-3-4-8-20/h1-2,5-6,9H,3-4,7-8,18H2,(H,19,23,24). The van der Waals surface area contributed by atoms with Crippen molar-refractivity contribution in [2.45, 2.75) is 17.7 Å². The number of pyridine rings is 1. The fourth-order valence-corrected chi connectivity index (χ4v) is 5.15. The second kappa shape index (κ2) is 6.03. The summed E-state index contributed by atoms with van der Waals surface area (Å²) in [5.74, 6) is -1.70. The third-order valence-corrected chi connectivity index (χ3v) is 6.69. The highest BCUT2D eigenvalue weighted by molar-refractivity contribution is 7.89. The van der Waals surface area contributed by atoms with Gasteiger partial charge in [0.1, 0.15) is 10.7 Å². The third kappa shape index (κ3) is 2.56. The summed E-state index contributed by atoms with van der Waals surface area (Å²) in [7, 11) is -3.84. The van der Waals surface area contributed by atoms with Gasteiger partial charge in [-0.05, 0) is 25.0 Å². The summed E-state index contributed by atoms with van der Waals surface area (Å²) in [5, 5.41) is 2.08. The Hall–Kier alpha value is -2.98. The number of aromatic nitrogens is 1. The van der Waals surface area contributed by atoms with Crippen molar-refractivity contribution in [3.63, 3.8) is 0 Å². The number of fused-ring (bicyclic) bond motifs is 1. The van der Waals surface area contributed by atoms with Crippen LogP contribution in [-0.2, 0) is 10.0 Å². The molecular weight excluding hydrogens is 372 g/mol. The molecule has 0 atom stereocenters. The summed E-state index contributed by atoms with van der Waals surface area (Å²) in [6.07, 6.45) is 1.54. The predicted molar refractivity (Wildman–Crippen MR) is 96.2 cm³/mol. The van der Waals surface area contributed by atoms with E-state index in [0.29, 0.717) is 13.1 Å². The van der Waals surface area contributed by atoms with Gasteiger partial charge in [-0.25, -0.2) is 8.42 Å². The first kappa shape index (κ1) is 17.4. The molecule has 1 saturated heterocycles. The maximum Gasteiger partial charge on any atom is 0.262 e. The number of amides is 2. The van der Waals surface area contributed by atoms with E-state index in [9.17, 15) is 22.8 Å². The quantitative estimate of drug-likeness (QED) is 0.716. The van der Waals surface area contributed by atoms with Crippen LogP contribution in [0.1, 0.15) is 33.6 Å². The molecular formula is C17H16N4O5S. The molecule has 9 nitrogen and oxygen atoms in total. The van der Waals surface area contributed by atoms with Gasteiger partial charge in [-0.2, -0.15) is 4.31 Å². The number of nitrogens with two attached hydrogens (primary N) is 1. The zero-order valence-electron chi connectivity index (χ0n) is 14.1. The van der Waals surface area contributed by atoms with Gasteiger partial charge in [0.15, 0.2) is 0 Å². The molecule has 0 bridgehead atoms. The maximum absolute atomic E-state index is 13.0. The average Bonchev–Trinajstić information content (AvgIpc) is 3.25. The number of hydrogen-bond donors (Lipinski definition) is 2. The first-order valence-corrected chi connectivity index (χ1v) is 9.77. The predicted octanol–water partition coefficient (Wildman–Crippen LogP) is 0.0878. The molecule has 1 aromatic carbocycles. The van der Waals surface area contributed by atoms with Crippen LogP contribution in [0.5, 0.6) is 0 Å². The minimum atomic E-state index is -3.84. The summed E-state index contributed by atoms with van der Waals surface area (Å²) in [4.78, 5) is 36.4. The Balaban J connectivity index is 1.97. The number of nitrogen functional groups attached to an aromatic ring is 1. The van der Waals surface area contributed by atoms with Gasteiger partial charge in [0, 0.05) is 19.2 Å². The van der Waals surface area contributed by atoms with E-state index in [4.69, 9.17) is 5.73 Å². The van der Waals surface area contributed by atoms with E-state index in [2.05, 4.69) is 5.32 Å². The molecule has 0 spiro atoms. The summed E-state index contributed by atoms with van der Waals surface area (Å²) < 4.78 is 28.4. The van der Waals surface area contributed by atoms with E-state index in [0.717, 1.165) is 23.5 Å². The number of benzene rings is 1. The molecule has 0 radical (unpaired) electrons. The van der Waals surface area contributed by atoms with Crippen molar-refractivity contribution in [3.05, 3.63) is 51.8 Å². The van der Waals surface area contributed by atoms with E-state index in [1.165, 1.54) is 16.4 Å². The van der Waals surface area contributed by atoms with Crippen LogP contribution < -0.4 is 16.6 Å². The van der Waals surface area contributed by atoms with Crippen LogP contribution in [0.15, 0.2) is 40.0 Å². The Bertz CT molecular complexity index is 1150. The van der Waals surface area contributed by atoms with Crippen molar-refractivity contribution in [1.82, 2.24) is 14.2 Å². The highest BCUT2D eigenvalue weighted by atomic mass is 32.2. The van der Waals surface area contributed by atoms with Crippen molar-refractivity contribution < 1.29 is 18.0 Å². The number of carbonyl (C=O) groups excluding carboxylic acids is 2. The lowest BCUT2D eigenvalue weighted by atomic mass is 10.1. The zero-order chi connectivity index (χ0) is 19.3. The first-order chi connectivity index (χ1) is 12.8. The molecule has 0 unspecified atom stereocenters. The van der Waals surface area contributed by atoms with Crippen molar-refractivity contribution in [2.24, 2.45) is 0 Å². The maximum atomic E-state index is 13.0. The fraction of sp³-hybridized carbons (Fsp3) is 0.235. The normalized spacial score (nSPS) is 17.2. The summed E-state index contributed by atoms with van der Waals surface area (Å²) in [6.45, 7) is 0.810. The fourth-order valence-electron chi connectivity index (χ4n) is 3.46. The van der Waals surface area contributed by atoms with Crippen molar-refractivity contribution in [1.29, 1.82) is 0 Å². The molecule has 10 heteroatoms. The molecule has 1 fully saturated rings. The summed E-state index contributed by atoms with van der Waals surface area (Å²) >= 11 is 0. The molecule has 140 valence electrons. The van der Waals surface area contributed by atoms with Gasteiger partial charge in [-0.15, -0.1) is 0 Å². The molecule has 2 aliphatic rings. The van der Waals surface area contributed by atoms with Crippen LogP contribution in [0.3, 0.4) is 0 Å².